The molecule has 2 N–H and O–H groups in total. The number of H-pyrrole nitrogens is 1. The summed E-state index contributed by atoms with van der Waals surface area (Å²) in [7, 11) is -3.54. The third-order valence-corrected chi connectivity index (χ3v) is 5.21. The molecule has 23 heavy (non-hydrogen) atoms. The van der Waals surface area contributed by atoms with Crippen LogP contribution >= 0.6 is 11.6 Å². The second-order valence-electron chi connectivity index (χ2n) is 5.28. The van der Waals surface area contributed by atoms with Crippen LogP contribution in [0.1, 0.15) is 11.4 Å². The van der Waals surface area contributed by atoms with Crippen molar-refractivity contribution >= 4 is 32.7 Å². The summed E-state index contributed by atoms with van der Waals surface area (Å²) in [4.78, 5) is 7.53. The van der Waals surface area contributed by atoms with E-state index < -0.39 is 10.0 Å². The quantitative estimate of drug-likeness (QED) is 0.743. The predicted octanol–water partition coefficient (Wildman–Crippen LogP) is 3.05. The highest BCUT2D eigenvalue weighted by Gasteiger charge is 2.14. The number of fused-ring (bicyclic) bond motifs is 1. The molecule has 0 saturated carbocycles. The lowest BCUT2D eigenvalue weighted by Gasteiger charge is -2.07. The van der Waals surface area contributed by atoms with Gasteiger partial charge in [-0.25, -0.2) is 18.1 Å². The molecule has 5 nitrogen and oxygen atoms in total. The molecule has 0 atom stereocenters. The second-order valence-corrected chi connectivity index (χ2v) is 7.48. The van der Waals surface area contributed by atoms with Crippen LogP contribution in [-0.4, -0.2) is 24.9 Å². The lowest BCUT2D eigenvalue weighted by molar-refractivity contribution is 0.582. The van der Waals surface area contributed by atoms with Gasteiger partial charge in [0.1, 0.15) is 5.82 Å². The molecular formula is C16H16ClN3O2S. The standard InChI is InChI=1S/C16H16ClN3O2S/c1-11-19-15-7-6-14(10-16(15)20-11)23(21,22)18-9-8-12-2-4-13(17)5-3-12/h2-7,10,18H,8-9H2,1H3,(H,19,20). The van der Waals surface area contributed by atoms with Crippen molar-refractivity contribution in [2.75, 3.05) is 6.54 Å². The van der Waals surface area contributed by atoms with Crippen LogP contribution in [0.3, 0.4) is 0 Å². The largest absolute Gasteiger partial charge is 0.342 e. The van der Waals surface area contributed by atoms with Crippen LogP contribution < -0.4 is 4.72 Å². The molecule has 1 heterocycles. The molecule has 0 fully saturated rings. The summed E-state index contributed by atoms with van der Waals surface area (Å²) < 4.78 is 27.3. The van der Waals surface area contributed by atoms with E-state index in [0.29, 0.717) is 23.5 Å². The average molecular weight is 350 g/mol. The molecule has 3 aromatic rings. The lowest BCUT2D eigenvalue weighted by atomic mass is 10.2. The Morgan fingerprint density at radius 1 is 1.17 bits per heavy atom. The zero-order valence-electron chi connectivity index (χ0n) is 12.5. The van der Waals surface area contributed by atoms with Crippen molar-refractivity contribution < 1.29 is 8.42 Å². The van der Waals surface area contributed by atoms with Crippen molar-refractivity contribution in [3.8, 4) is 0 Å². The van der Waals surface area contributed by atoms with E-state index in [2.05, 4.69) is 14.7 Å². The summed E-state index contributed by atoms with van der Waals surface area (Å²) >= 11 is 5.83. The number of nitrogens with one attached hydrogen (secondary N) is 2. The predicted molar refractivity (Wildman–Crippen MR) is 91.2 cm³/mol. The van der Waals surface area contributed by atoms with Gasteiger partial charge in [-0.15, -0.1) is 0 Å². The van der Waals surface area contributed by atoms with Crippen LogP contribution in [-0.2, 0) is 16.4 Å². The Bertz CT molecular complexity index is 934. The van der Waals surface area contributed by atoms with Crippen molar-refractivity contribution in [3.05, 3.63) is 58.9 Å². The third-order valence-electron chi connectivity index (χ3n) is 3.50. The van der Waals surface area contributed by atoms with Gasteiger partial charge >= 0.3 is 0 Å². The number of aromatic nitrogens is 2. The Morgan fingerprint density at radius 2 is 1.91 bits per heavy atom. The first-order chi connectivity index (χ1) is 10.9. The smallest absolute Gasteiger partial charge is 0.240 e. The Balaban J connectivity index is 1.71. The molecule has 2 aromatic carbocycles. The van der Waals surface area contributed by atoms with Crippen molar-refractivity contribution in [1.82, 2.24) is 14.7 Å². The molecule has 3 rings (SSSR count). The monoisotopic (exact) mass is 349 g/mol. The first-order valence-electron chi connectivity index (χ1n) is 7.14. The number of hydrogen-bond donors (Lipinski definition) is 2. The molecule has 120 valence electrons. The number of halogens is 1. The highest BCUT2D eigenvalue weighted by atomic mass is 35.5. The van der Waals surface area contributed by atoms with E-state index in [4.69, 9.17) is 11.6 Å². The van der Waals surface area contributed by atoms with Crippen LogP contribution in [0.5, 0.6) is 0 Å². The maximum absolute atomic E-state index is 12.4. The zero-order valence-corrected chi connectivity index (χ0v) is 14.1. The van der Waals surface area contributed by atoms with Crippen molar-refractivity contribution in [1.29, 1.82) is 0 Å². The van der Waals surface area contributed by atoms with Crippen molar-refractivity contribution in [3.63, 3.8) is 0 Å². The fourth-order valence-electron chi connectivity index (χ4n) is 2.35. The number of benzene rings is 2. The molecule has 0 aliphatic rings. The van der Waals surface area contributed by atoms with E-state index in [-0.39, 0.29) is 4.90 Å². The number of nitrogens with zero attached hydrogens (tertiary/aromatic N) is 1. The van der Waals surface area contributed by atoms with Gasteiger partial charge in [0.15, 0.2) is 0 Å². The third kappa shape index (κ3) is 3.72. The minimum absolute atomic E-state index is 0.227. The maximum Gasteiger partial charge on any atom is 0.240 e. The molecular weight excluding hydrogens is 334 g/mol. The summed E-state index contributed by atoms with van der Waals surface area (Å²) in [6.45, 7) is 2.16. The molecule has 0 aliphatic carbocycles. The van der Waals surface area contributed by atoms with Gasteiger partial charge in [-0.3, -0.25) is 0 Å². The Hall–Kier alpha value is -1.89. The Labute approximate surface area is 139 Å². The van der Waals surface area contributed by atoms with Crippen LogP contribution in [0.2, 0.25) is 5.02 Å². The first kappa shape index (κ1) is 16.0. The van der Waals surface area contributed by atoms with Crippen LogP contribution in [0, 0.1) is 6.92 Å². The van der Waals surface area contributed by atoms with Crippen molar-refractivity contribution in [2.45, 2.75) is 18.2 Å². The van der Waals surface area contributed by atoms with Crippen molar-refractivity contribution in [2.24, 2.45) is 0 Å². The van der Waals surface area contributed by atoms with Gasteiger partial charge in [0, 0.05) is 11.6 Å². The van der Waals surface area contributed by atoms with E-state index in [1.165, 1.54) is 0 Å². The molecule has 7 heteroatoms. The lowest BCUT2D eigenvalue weighted by Crippen LogP contribution is -2.26. The SMILES string of the molecule is Cc1nc2ccc(S(=O)(=O)NCCc3ccc(Cl)cc3)cc2[nH]1. The fourth-order valence-corrected chi connectivity index (χ4v) is 3.53. The fraction of sp³-hybridized carbons (Fsp3) is 0.188. The average Bonchev–Trinajstić information content (AvgIpc) is 2.88. The van der Waals surface area contributed by atoms with Gasteiger partial charge in [0.05, 0.1) is 15.9 Å². The van der Waals surface area contributed by atoms with Crippen LogP contribution in [0.4, 0.5) is 0 Å². The summed E-state index contributed by atoms with van der Waals surface area (Å²) in [5.74, 6) is 0.755. The Morgan fingerprint density at radius 3 is 2.65 bits per heavy atom. The van der Waals surface area contributed by atoms with Gasteiger partial charge in [0.25, 0.3) is 0 Å². The molecule has 0 aliphatic heterocycles. The molecule has 0 spiro atoms. The van der Waals surface area contributed by atoms with Gasteiger partial charge in [-0.1, -0.05) is 23.7 Å². The summed E-state index contributed by atoms with van der Waals surface area (Å²) in [6, 6.07) is 12.2. The number of rotatable bonds is 5. The minimum atomic E-state index is -3.54. The van der Waals surface area contributed by atoms with Gasteiger partial charge in [-0.2, -0.15) is 0 Å². The van der Waals surface area contributed by atoms with E-state index in [0.717, 1.165) is 16.9 Å². The van der Waals surface area contributed by atoms with E-state index >= 15 is 0 Å². The Kier molecular flexibility index (Phi) is 4.39. The van der Waals surface area contributed by atoms with Gasteiger partial charge in [-0.05, 0) is 49.2 Å². The summed E-state index contributed by atoms with van der Waals surface area (Å²) in [5.41, 5.74) is 2.49. The minimum Gasteiger partial charge on any atom is -0.342 e. The van der Waals surface area contributed by atoms with Crippen LogP contribution in [0.15, 0.2) is 47.4 Å². The molecule has 0 radical (unpaired) electrons. The highest BCUT2D eigenvalue weighted by Crippen LogP contribution is 2.17. The number of imidazole rings is 1. The summed E-state index contributed by atoms with van der Waals surface area (Å²) in [6.07, 6.45) is 0.599. The normalized spacial score (nSPS) is 11.9. The van der Waals surface area contributed by atoms with Crippen LogP contribution in [0.25, 0.3) is 11.0 Å². The highest BCUT2D eigenvalue weighted by molar-refractivity contribution is 7.89. The number of sulfonamides is 1. The van der Waals surface area contributed by atoms with E-state index in [1.54, 1.807) is 30.3 Å². The zero-order chi connectivity index (χ0) is 16.4. The number of aromatic amines is 1. The first-order valence-corrected chi connectivity index (χ1v) is 9.01. The molecule has 0 unspecified atom stereocenters. The summed E-state index contributed by atoms with van der Waals surface area (Å²) in [5, 5.41) is 0.664. The molecule has 0 bridgehead atoms. The van der Waals surface area contributed by atoms with E-state index in [9.17, 15) is 8.42 Å². The number of aryl methyl sites for hydroxylation is 1. The molecule has 0 amide bonds. The number of hydrogen-bond acceptors (Lipinski definition) is 3. The van der Waals surface area contributed by atoms with Gasteiger partial charge < -0.3 is 4.98 Å². The molecule has 0 saturated heterocycles. The topological polar surface area (TPSA) is 74.8 Å². The maximum atomic E-state index is 12.4. The molecule has 1 aromatic heterocycles. The second kappa shape index (κ2) is 6.31. The van der Waals surface area contributed by atoms with Gasteiger partial charge in [0.2, 0.25) is 10.0 Å². The van der Waals surface area contributed by atoms with E-state index in [1.807, 2.05) is 19.1 Å².